The number of likely N-dealkylation sites (N-methyl/N-ethyl adjacent to an activating group) is 1. The smallest absolute Gasteiger partial charge is 0.409 e. The van der Waals surface area contributed by atoms with Crippen LogP contribution in [0.15, 0.2) is 48.5 Å². The minimum Gasteiger partial charge on any atom is -0.448 e. The maximum atomic E-state index is 12.6. The van der Waals surface area contributed by atoms with Crippen molar-refractivity contribution in [3.05, 3.63) is 59.7 Å². The zero-order valence-electron chi connectivity index (χ0n) is 27.0. The van der Waals surface area contributed by atoms with Gasteiger partial charge >= 0.3 is 6.09 Å². The number of ether oxygens (including phenoxy) is 4. The van der Waals surface area contributed by atoms with Gasteiger partial charge in [0.2, 0.25) is 0 Å². The van der Waals surface area contributed by atoms with Gasteiger partial charge in [0.1, 0.15) is 6.61 Å². The molecule has 0 unspecified atom stereocenters. The summed E-state index contributed by atoms with van der Waals surface area (Å²) in [6.45, 7) is 6.57. The first-order chi connectivity index (χ1) is 21.2. The van der Waals surface area contributed by atoms with Crippen molar-refractivity contribution in [1.82, 2.24) is 4.90 Å². The van der Waals surface area contributed by atoms with Crippen LogP contribution in [0, 0.1) is 0 Å². The molecule has 0 atom stereocenters. The molecule has 3 rings (SSSR count). The molecule has 2 aromatic rings. The Kier molecular flexibility index (Phi) is 18.1. The molecular weight excluding hydrogens is 538 g/mol. The van der Waals surface area contributed by atoms with E-state index in [1.54, 1.807) is 11.9 Å². The average molecular weight is 596 g/mol. The van der Waals surface area contributed by atoms with Crippen LogP contribution in [0.3, 0.4) is 0 Å². The lowest BCUT2D eigenvalue weighted by Gasteiger charge is -2.19. The predicted molar refractivity (Wildman–Crippen MR) is 176 cm³/mol. The van der Waals surface area contributed by atoms with Crippen LogP contribution in [0.4, 0.5) is 4.79 Å². The largest absolute Gasteiger partial charge is 0.448 e. The van der Waals surface area contributed by atoms with E-state index in [1.807, 2.05) is 12.1 Å². The van der Waals surface area contributed by atoms with Crippen LogP contribution >= 0.6 is 0 Å². The second kappa shape index (κ2) is 22.2. The molecule has 6 heteroatoms. The molecule has 6 nitrogen and oxygen atoms in total. The number of nitrogens with zero attached hydrogens (tertiary/aromatic N) is 1. The Morgan fingerprint density at radius 2 is 1.05 bits per heavy atom. The molecule has 0 fully saturated rings. The van der Waals surface area contributed by atoms with Crippen molar-refractivity contribution in [3.8, 4) is 11.1 Å². The van der Waals surface area contributed by atoms with E-state index in [-0.39, 0.29) is 12.0 Å². The minimum atomic E-state index is -0.331. The molecule has 0 saturated carbocycles. The van der Waals surface area contributed by atoms with E-state index in [4.69, 9.17) is 18.9 Å². The molecule has 1 amide bonds. The van der Waals surface area contributed by atoms with E-state index in [0.717, 1.165) is 13.0 Å². The Bertz CT molecular complexity index is 967. The number of hydrogen-bond donors (Lipinski definition) is 0. The molecule has 2 aromatic carbocycles. The van der Waals surface area contributed by atoms with Gasteiger partial charge in [-0.2, -0.15) is 0 Å². The fourth-order valence-corrected chi connectivity index (χ4v) is 5.76. The van der Waals surface area contributed by atoms with E-state index in [1.165, 1.54) is 99.3 Å². The molecule has 43 heavy (non-hydrogen) atoms. The summed E-state index contributed by atoms with van der Waals surface area (Å²) in [6, 6.07) is 16.7. The number of rotatable bonds is 25. The normalized spacial score (nSPS) is 12.3. The highest BCUT2D eigenvalue weighted by atomic mass is 16.6. The molecule has 0 aliphatic heterocycles. The topological polar surface area (TPSA) is 57.2 Å². The summed E-state index contributed by atoms with van der Waals surface area (Å²) in [5.41, 5.74) is 4.88. The molecule has 0 N–H and O–H groups in total. The monoisotopic (exact) mass is 595 g/mol. The van der Waals surface area contributed by atoms with Crippen molar-refractivity contribution >= 4 is 6.09 Å². The van der Waals surface area contributed by atoms with E-state index in [2.05, 4.69) is 43.3 Å². The third-order valence-corrected chi connectivity index (χ3v) is 8.36. The van der Waals surface area contributed by atoms with Crippen LogP contribution in [-0.4, -0.2) is 70.8 Å². The number of amides is 1. The molecule has 0 radical (unpaired) electrons. The van der Waals surface area contributed by atoms with Gasteiger partial charge < -0.3 is 23.8 Å². The summed E-state index contributed by atoms with van der Waals surface area (Å²) in [5.74, 6) is 0.0662. The van der Waals surface area contributed by atoms with Crippen molar-refractivity contribution in [1.29, 1.82) is 0 Å². The molecule has 1 aliphatic rings. The van der Waals surface area contributed by atoms with Crippen LogP contribution < -0.4 is 0 Å². The van der Waals surface area contributed by atoms with Crippen molar-refractivity contribution < 1.29 is 23.7 Å². The zero-order valence-corrected chi connectivity index (χ0v) is 27.0. The SMILES string of the molecule is CCCCCCCCCCCCCCCOCCOCCOCCN(C)C(=O)OCC1c2ccccc2-c2ccccc21. The van der Waals surface area contributed by atoms with Crippen molar-refractivity contribution in [2.45, 2.75) is 96.3 Å². The maximum Gasteiger partial charge on any atom is 0.409 e. The fraction of sp³-hybridized carbons (Fsp3) is 0.649. The summed E-state index contributed by atoms with van der Waals surface area (Å²) in [7, 11) is 1.74. The highest BCUT2D eigenvalue weighted by Crippen LogP contribution is 2.44. The highest BCUT2D eigenvalue weighted by molar-refractivity contribution is 5.79. The maximum absolute atomic E-state index is 12.6. The number of hydrogen-bond acceptors (Lipinski definition) is 5. The van der Waals surface area contributed by atoms with Gasteiger partial charge in [0.25, 0.3) is 0 Å². The highest BCUT2D eigenvalue weighted by Gasteiger charge is 2.29. The quantitative estimate of drug-likeness (QED) is 0.107. The summed E-state index contributed by atoms with van der Waals surface area (Å²) in [6.07, 6.45) is 17.4. The molecular formula is C37H57NO5. The first kappa shape index (κ1) is 35.1. The average Bonchev–Trinajstić information content (AvgIpc) is 3.35. The number of fused-ring (bicyclic) bond motifs is 3. The van der Waals surface area contributed by atoms with E-state index < -0.39 is 0 Å². The summed E-state index contributed by atoms with van der Waals surface area (Å²) < 4.78 is 22.6. The summed E-state index contributed by atoms with van der Waals surface area (Å²) >= 11 is 0. The third kappa shape index (κ3) is 13.4. The third-order valence-electron chi connectivity index (χ3n) is 8.36. The second-order valence-corrected chi connectivity index (χ2v) is 11.8. The van der Waals surface area contributed by atoms with Crippen LogP contribution in [0.25, 0.3) is 11.1 Å². The van der Waals surface area contributed by atoms with Crippen LogP contribution in [-0.2, 0) is 18.9 Å². The van der Waals surface area contributed by atoms with Crippen LogP contribution in [0.2, 0.25) is 0 Å². The number of carbonyl (C=O) groups is 1. The molecule has 0 spiro atoms. The van der Waals surface area contributed by atoms with Crippen molar-refractivity contribution in [3.63, 3.8) is 0 Å². The number of unbranched alkanes of at least 4 members (excludes halogenated alkanes) is 12. The van der Waals surface area contributed by atoms with Gasteiger partial charge in [0.05, 0.1) is 33.0 Å². The Morgan fingerprint density at radius 1 is 0.605 bits per heavy atom. The Balaban J connectivity index is 1.08. The van der Waals surface area contributed by atoms with Crippen LogP contribution in [0.1, 0.15) is 107 Å². The number of carbonyl (C=O) groups excluding carboxylic acids is 1. The fourth-order valence-electron chi connectivity index (χ4n) is 5.76. The van der Waals surface area contributed by atoms with Crippen LogP contribution in [0.5, 0.6) is 0 Å². The van der Waals surface area contributed by atoms with Gasteiger partial charge in [0.15, 0.2) is 0 Å². The molecule has 0 heterocycles. The second-order valence-electron chi connectivity index (χ2n) is 11.8. The van der Waals surface area contributed by atoms with Gasteiger partial charge in [-0.15, -0.1) is 0 Å². The van der Waals surface area contributed by atoms with Gasteiger partial charge in [-0.1, -0.05) is 133 Å². The lowest BCUT2D eigenvalue weighted by molar-refractivity contribution is 0.0105. The molecule has 0 bridgehead atoms. The molecule has 1 aliphatic carbocycles. The van der Waals surface area contributed by atoms with E-state index in [0.29, 0.717) is 46.2 Å². The van der Waals surface area contributed by atoms with Crippen molar-refractivity contribution in [2.75, 3.05) is 59.8 Å². The lowest BCUT2D eigenvalue weighted by atomic mass is 9.98. The molecule has 0 saturated heterocycles. The van der Waals surface area contributed by atoms with Gasteiger partial charge in [0, 0.05) is 26.1 Å². The minimum absolute atomic E-state index is 0.0662. The van der Waals surface area contributed by atoms with Gasteiger partial charge in [-0.25, -0.2) is 4.79 Å². The first-order valence-corrected chi connectivity index (χ1v) is 17.0. The summed E-state index contributed by atoms with van der Waals surface area (Å²) in [4.78, 5) is 14.1. The zero-order chi connectivity index (χ0) is 30.4. The van der Waals surface area contributed by atoms with Gasteiger partial charge in [-0.3, -0.25) is 0 Å². The van der Waals surface area contributed by atoms with E-state index in [9.17, 15) is 4.79 Å². The van der Waals surface area contributed by atoms with Gasteiger partial charge in [-0.05, 0) is 28.7 Å². The summed E-state index contributed by atoms with van der Waals surface area (Å²) in [5, 5.41) is 0. The molecule has 240 valence electrons. The standard InChI is InChI=1S/C37H57NO5/c1-3-4-5-6-7-8-9-10-11-12-13-14-19-25-40-27-29-42-30-28-41-26-24-38(2)37(39)43-31-36-34-22-17-15-20-32(34)33-21-16-18-23-35(33)36/h15-18,20-23,36H,3-14,19,24-31H2,1-2H3. The predicted octanol–water partition coefficient (Wildman–Crippen LogP) is 9.01. The number of benzene rings is 2. The molecule has 0 aromatic heterocycles. The Hall–Kier alpha value is -2.41. The van der Waals surface area contributed by atoms with E-state index >= 15 is 0 Å². The van der Waals surface area contributed by atoms with Crippen molar-refractivity contribution in [2.24, 2.45) is 0 Å². The Labute approximate surface area is 261 Å². The lowest BCUT2D eigenvalue weighted by Crippen LogP contribution is -2.32. The first-order valence-electron chi connectivity index (χ1n) is 17.0. The Morgan fingerprint density at radius 3 is 1.58 bits per heavy atom.